The van der Waals surface area contributed by atoms with Gasteiger partial charge in [0.05, 0.1) is 17.9 Å². The zero-order valence-electron chi connectivity index (χ0n) is 19.3. The zero-order valence-corrected chi connectivity index (χ0v) is 19.3. The van der Waals surface area contributed by atoms with Crippen LogP contribution in [0.5, 0.6) is 0 Å². The number of aromatic nitrogens is 2. The summed E-state index contributed by atoms with van der Waals surface area (Å²) in [5.74, 6) is 0.159. The molecule has 0 amide bonds. The Morgan fingerprint density at radius 2 is 1.38 bits per heavy atom. The number of piperazine rings is 1. The molecule has 0 spiro atoms. The largest absolute Gasteiger partial charge is 0.340 e. The molecule has 4 aromatic rings. The first-order valence-electron chi connectivity index (χ1n) is 11.6. The van der Waals surface area contributed by atoms with Crippen molar-refractivity contribution in [1.82, 2.24) is 19.8 Å². The van der Waals surface area contributed by atoms with Crippen LogP contribution in [-0.4, -0.2) is 45.9 Å². The molecule has 1 aliphatic heterocycles. The standard InChI is InChI=1S/C28H28F2N4/c1-20-5-2-6-21(15-20)18-33-11-13-34(14-12-33)19-26-31-27(22-7-3-9-24(29)16-22)28(32-26)23-8-4-10-25(30)17-23/h2-10,15-17H,11-14,18-19H2,1H3,(H,31,32). The van der Waals surface area contributed by atoms with E-state index in [-0.39, 0.29) is 11.6 Å². The summed E-state index contributed by atoms with van der Waals surface area (Å²) in [5, 5.41) is 0. The molecule has 34 heavy (non-hydrogen) atoms. The summed E-state index contributed by atoms with van der Waals surface area (Å²) in [4.78, 5) is 13.1. The van der Waals surface area contributed by atoms with Crippen LogP contribution in [0.1, 0.15) is 17.0 Å². The van der Waals surface area contributed by atoms with E-state index >= 15 is 0 Å². The van der Waals surface area contributed by atoms with Gasteiger partial charge in [-0.25, -0.2) is 13.8 Å². The van der Waals surface area contributed by atoms with E-state index in [0.717, 1.165) is 38.5 Å². The molecule has 1 saturated heterocycles. The van der Waals surface area contributed by atoms with E-state index in [1.807, 2.05) is 12.1 Å². The first-order chi connectivity index (χ1) is 16.5. The van der Waals surface area contributed by atoms with Crippen molar-refractivity contribution in [1.29, 1.82) is 0 Å². The monoisotopic (exact) mass is 458 g/mol. The fraction of sp³-hybridized carbons (Fsp3) is 0.250. The molecule has 1 fully saturated rings. The average Bonchev–Trinajstić information content (AvgIpc) is 3.24. The number of aryl methyl sites for hydroxylation is 1. The fourth-order valence-electron chi connectivity index (χ4n) is 4.58. The van der Waals surface area contributed by atoms with Crippen molar-refractivity contribution in [2.75, 3.05) is 26.2 Å². The summed E-state index contributed by atoms with van der Waals surface area (Å²) in [5.41, 5.74) is 5.35. The summed E-state index contributed by atoms with van der Waals surface area (Å²) in [6, 6.07) is 21.5. The molecule has 0 radical (unpaired) electrons. The lowest BCUT2D eigenvalue weighted by Gasteiger charge is -2.34. The third kappa shape index (κ3) is 5.24. The van der Waals surface area contributed by atoms with Gasteiger partial charge in [-0.2, -0.15) is 0 Å². The number of nitrogens with one attached hydrogen (secondary N) is 1. The summed E-state index contributed by atoms with van der Waals surface area (Å²) in [6.45, 7) is 7.61. The lowest BCUT2D eigenvalue weighted by Crippen LogP contribution is -2.45. The van der Waals surface area contributed by atoms with E-state index in [4.69, 9.17) is 4.98 Å². The minimum Gasteiger partial charge on any atom is -0.340 e. The van der Waals surface area contributed by atoms with Gasteiger partial charge in [-0.1, -0.05) is 54.1 Å². The first-order valence-corrected chi connectivity index (χ1v) is 11.6. The van der Waals surface area contributed by atoms with Crippen LogP contribution in [0.15, 0.2) is 72.8 Å². The van der Waals surface area contributed by atoms with Gasteiger partial charge < -0.3 is 4.98 Å². The molecule has 174 valence electrons. The summed E-state index contributed by atoms with van der Waals surface area (Å²) in [6.07, 6.45) is 0. The maximum atomic E-state index is 13.9. The van der Waals surface area contributed by atoms with Gasteiger partial charge in [-0.05, 0) is 36.8 Å². The molecule has 4 nitrogen and oxygen atoms in total. The fourth-order valence-corrected chi connectivity index (χ4v) is 4.58. The number of rotatable bonds is 6. The number of nitrogens with zero attached hydrogens (tertiary/aromatic N) is 3. The van der Waals surface area contributed by atoms with Crippen molar-refractivity contribution in [3.05, 3.63) is 101 Å². The van der Waals surface area contributed by atoms with Crippen molar-refractivity contribution >= 4 is 0 Å². The van der Waals surface area contributed by atoms with E-state index in [1.54, 1.807) is 12.1 Å². The highest BCUT2D eigenvalue weighted by molar-refractivity contribution is 5.78. The smallest absolute Gasteiger partial charge is 0.123 e. The van der Waals surface area contributed by atoms with Gasteiger partial charge in [0, 0.05) is 43.9 Å². The summed E-state index contributed by atoms with van der Waals surface area (Å²) in [7, 11) is 0. The van der Waals surface area contributed by atoms with Crippen LogP contribution in [-0.2, 0) is 13.1 Å². The molecule has 0 saturated carbocycles. The maximum Gasteiger partial charge on any atom is 0.123 e. The Morgan fingerprint density at radius 1 is 0.765 bits per heavy atom. The Morgan fingerprint density at radius 3 is 2.06 bits per heavy atom. The van der Waals surface area contributed by atoms with Crippen LogP contribution >= 0.6 is 0 Å². The molecule has 2 heterocycles. The van der Waals surface area contributed by atoms with Crippen LogP contribution in [0.25, 0.3) is 22.5 Å². The topological polar surface area (TPSA) is 35.2 Å². The second kappa shape index (κ2) is 9.87. The second-order valence-electron chi connectivity index (χ2n) is 8.97. The third-order valence-electron chi connectivity index (χ3n) is 6.29. The highest BCUT2D eigenvalue weighted by atomic mass is 19.1. The molecule has 0 aliphatic carbocycles. The van der Waals surface area contributed by atoms with Crippen LogP contribution in [0.2, 0.25) is 0 Å². The molecule has 3 aromatic carbocycles. The average molecular weight is 459 g/mol. The van der Waals surface area contributed by atoms with E-state index < -0.39 is 0 Å². The zero-order chi connectivity index (χ0) is 23.5. The minimum absolute atomic E-state index is 0.316. The first kappa shape index (κ1) is 22.4. The lowest BCUT2D eigenvalue weighted by atomic mass is 10.0. The van der Waals surface area contributed by atoms with Gasteiger partial charge in [0.25, 0.3) is 0 Å². The van der Waals surface area contributed by atoms with Crippen LogP contribution in [0, 0.1) is 18.6 Å². The van der Waals surface area contributed by atoms with Crippen molar-refractivity contribution in [2.45, 2.75) is 20.0 Å². The van der Waals surface area contributed by atoms with Crippen LogP contribution < -0.4 is 0 Å². The Kier molecular flexibility index (Phi) is 6.52. The number of hydrogen-bond donors (Lipinski definition) is 1. The molecule has 0 atom stereocenters. The van der Waals surface area contributed by atoms with Crippen molar-refractivity contribution < 1.29 is 8.78 Å². The quantitative estimate of drug-likeness (QED) is 0.406. The molecule has 0 unspecified atom stereocenters. The molecular formula is C28H28F2N4. The van der Waals surface area contributed by atoms with Gasteiger partial charge in [0.15, 0.2) is 0 Å². The number of imidazole rings is 1. The van der Waals surface area contributed by atoms with Gasteiger partial charge in [-0.3, -0.25) is 9.80 Å². The number of aromatic amines is 1. The molecule has 5 rings (SSSR count). The van der Waals surface area contributed by atoms with Gasteiger partial charge in [-0.15, -0.1) is 0 Å². The molecule has 6 heteroatoms. The Balaban J connectivity index is 1.32. The SMILES string of the molecule is Cc1cccc(CN2CCN(Cc3nc(-c4cccc(F)c4)c(-c4cccc(F)c4)[nH]3)CC2)c1. The molecule has 0 bridgehead atoms. The van der Waals surface area contributed by atoms with Crippen LogP contribution in [0.4, 0.5) is 8.78 Å². The molecule has 1 aromatic heterocycles. The Bertz CT molecular complexity index is 1210. The van der Waals surface area contributed by atoms with E-state index in [0.29, 0.717) is 29.1 Å². The maximum absolute atomic E-state index is 13.9. The highest BCUT2D eigenvalue weighted by Crippen LogP contribution is 2.31. The Hall–Kier alpha value is -3.35. The van der Waals surface area contributed by atoms with Gasteiger partial charge in [0.1, 0.15) is 17.5 Å². The molecule has 1 aliphatic rings. The summed E-state index contributed by atoms with van der Waals surface area (Å²) >= 11 is 0. The van der Waals surface area contributed by atoms with E-state index in [1.165, 1.54) is 35.4 Å². The van der Waals surface area contributed by atoms with E-state index in [2.05, 4.69) is 46.0 Å². The Labute approximate surface area is 198 Å². The highest BCUT2D eigenvalue weighted by Gasteiger charge is 2.20. The number of hydrogen-bond acceptors (Lipinski definition) is 3. The van der Waals surface area contributed by atoms with E-state index in [9.17, 15) is 8.78 Å². The lowest BCUT2D eigenvalue weighted by molar-refractivity contribution is 0.120. The van der Waals surface area contributed by atoms with Crippen molar-refractivity contribution in [2.24, 2.45) is 0 Å². The third-order valence-corrected chi connectivity index (χ3v) is 6.29. The predicted octanol–water partition coefficient (Wildman–Crippen LogP) is 5.65. The van der Waals surface area contributed by atoms with Crippen LogP contribution in [0.3, 0.4) is 0 Å². The number of benzene rings is 3. The minimum atomic E-state index is -0.322. The van der Waals surface area contributed by atoms with Crippen molar-refractivity contribution in [3.8, 4) is 22.5 Å². The van der Waals surface area contributed by atoms with Crippen molar-refractivity contribution in [3.63, 3.8) is 0 Å². The number of halogens is 2. The summed E-state index contributed by atoms with van der Waals surface area (Å²) < 4.78 is 27.9. The normalized spacial score (nSPS) is 15.0. The molecular weight excluding hydrogens is 430 g/mol. The number of H-pyrrole nitrogens is 1. The van der Waals surface area contributed by atoms with Gasteiger partial charge >= 0.3 is 0 Å². The molecule has 1 N–H and O–H groups in total. The van der Waals surface area contributed by atoms with Gasteiger partial charge in [0.2, 0.25) is 0 Å². The predicted molar refractivity (Wildman–Crippen MR) is 131 cm³/mol. The second-order valence-corrected chi connectivity index (χ2v) is 8.97.